The van der Waals surface area contributed by atoms with Gasteiger partial charge in [-0.05, 0) is 67.6 Å². The molecule has 2 aliphatic heterocycles. The van der Waals surface area contributed by atoms with E-state index in [1.165, 1.54) is 5.56 Å². The van der Waals surface area contributed by atoms with Gasteiger partial charge in [0, 0.05) is 42.1 Å². The van der Waals surface area contributed by atoms with E-state index in [4.69, 9.17) is 0 Å². The fourth-order valence-corrected chi connectivity index (χ4v) is 4.83. The van der Waals surface area contributed by atoms with E-state index in [0.717, 1.165) is 55.4 Å². The number of carbonyl (C=O) groups is 1. The van der Waals surface area contributed by atoms with Crippen molar-refractivity contribution < 1.29 is 4.79 Å². The molecule has 0 radical (unpaired) electrons. The summed E-state index contributed by atoms with van der Waals surface area (Å²) in [5.41, 5.74) is 10.3. The van der Waals surface area contributed by atoms with Gasteiger partial charge in [0.2, 0.25) is 5.91 Å². The molecule has 7 nitrogen and oxygen atoms in total. The van der Waals surface area contributed by atoms with Crippen LogP contribution in [-0.4, -0.2) is 46.6 Å². The maximum absolute atomic E-state index is 12.5. The van der Waals surface area contributed by atoms with E-state index in [-0.39, 0.29) is 5.91 Å². The topological polar surface area (TPSA) is 85.1 Å². The summed E-state index contributed by atoms with van der Waals surface area (Å²) < 4.78 is 0. The molecule has 2 unspecified atom stereocenters. The average molecular weight is 419 g/mol. The molecule has 0 spiro atoms. The summed E-state index contributed by atoms with van der Waals surface area (Å²) in [4.78, 5) is 22.4. The molecule has 5 rings (SSSR count). The normalized spacial score (nSPS) is 22.7. The van der Waals surface area contributed by atoms with Crippen LogP contribution in [0.2, 0.25) is 0 Å². The molecule has 0 saturated carbocycles. The van der Waals surface area contributed by atoms with Crippen molar-refractivity contribution in [3.05, 3.63) is 66.1 Å². The van der Waals surface area contributed by atoms with Crippen LogP contribution < -0.4 is 16.2 Å². The zero-order chi connectivity index (χ0) is 21.0. The summed E-state index contributed by atoms with van der Waals surface area (Å²) in [6, 6.07) is 12.6. The van der Waals surface area contributed by atoms with E-state index in [9.17, 15) is 4.79 Å². The Morgan fingerprint density at radius 3 is 2.74 bits per heavy atom. The lowest BCUT2D eigenvalue weighted by Gasteiger charge is -2.35. The number of carbonyl (C=O) groups excluding carboxylic acids is 1. The van der Waals surface area contributed by atoms with E-state index in [2.05, 4.69) is 49.2 Å². The third-order valence-corrected chi connectivity index (χ3v) is 6.70. The van der Waals surface area contributed by atoms with Crippen molar-refractivity contribution in [3.63, 3.8) is 0 Å². The Kier molecular flexibility index (Phi) is 5.97. The highest BCUT2D eigenvalue weighted by Gasteiger charge is 2.31. The lowest BCUT2D eigenvalue weighted by molar-refractivity contribution is -0.120. The number of para-hydroxylation sites is 1. The van der Waals surface area contributed by atoms with Crippen LogP contribution in [0.3, 0.4) is 0 Å². The number of aromatic amines is 1. The molecule has 2 aromatic heterocycles. The number of aromatic nitrogens is 2. The van der Waals surface area contributed by atoms with Crippen LogP contribution in [0, 0.1) is 5.92 Å². The maximum atomic E-state index is 12.5. The first-order valence-corrected chi connectivity index (χ1v) is 11.2. The SMILES string of the molecule is O=C(Cc1c[nH]c2ccccc12)NCC1CCN(C2CC(c3ccncc3)NN2)CC1. The zero-order valence-electron chi connectivity index (χ0n) is 17.7. The van der Waals surface area contributed by atoms with Gasteiger partial charge in [-0.3, -0.25) is 14.7 Å². The van der Waals surface area contributed by atoms with Crippen LogP contribution in [0.1, 0.15) is 36.4 Å². The Morgan fingerprint density at radius 1 is 1.10 bits per heavy atom. The van der Waals surface area contributed by atoms with E-state index in [1.54, 1.807) is 0 Å². The summed E-state index contributed by atoms with van der Waals surface area (Å²) >= 11 is 0. The molecule has 2 saturated heterocycles. The molecule has 1 aromatic carbocycles. The number of nitrogens with one attached hydrogen (secondary N) is 4. The molecular formula is C24H30N6O. The Morgan fingerprint density at radius 2 is 1.90 bits per heavy atom. The highest BCUT2D eigenvalue weighted by Crippen LogP contribution is 2.26. The number of fused-ring (bicyclic) bond motifs is 1. The minimum absolute atomic E-state index is 0.106. The Balaban J connectivity index is 1.06. The molecule has 4 N–H and O–H groups in total. The Labute approximate surface area is 182 Å². The molecule has 0 aliphatic carbocycles. The van der Waals surface area contributed by atoms with Crippen LogP contribution in [0.5, 0.6) is 0 Å². The van der Waals surface area contributed by atoms with Crippen molar-refractivity contribution in [1.29, 1.82) is 0 Å². The van der Waals surface area contributed by atoms with Crippen molar-refractivity contribution in [3.8, 4) is 0 Å². The number of likely N-dealkylation sites (tertiary alicyclic amines) is 1. The van der Waals surface area contributed by atoms with Crippen LogP contribution in [0.15, 0.2) is 55.0 Å². The predicted octanol–water partition coefficient (Wildman–Crippen LogP) is 2.50. The number of piperidine rings is 1. The van der Waals surface area contributed by atoms with Crippen LogP contribution in [0.4, 0.5) is 0 Å². The number of hydrazine groups is 1. The second-order valence-corrected chi connectivity index (χ2v) is 8.69. The van der Waals surface area contributed by atoms with Gasteiger partial charge in [-0.1, -0.05) is 18.2 Å². The summed E-state index contributed by atoms with van der Waals surface area (Å²) in [5.74, 6) is 0.655. The van der Waals surface area contributed by atoms with Crippen molar-refractivity contribution in [2.45, 2.75) is 37.9 Å². The zero-order valence-corrected chi connectivity index (χ0v) is 17.7. The van der Waals surface area contributed by atoms with Gasteiger partial charge in [-0.25, -0.2) is 10.9 Å². The van der Waals surface area contributed by atoms with Gasteiger partial charge >= 0.3 is 0 Å². The molecule has 31 heavy (non-hydrogen) atoms. The summed E-state index contributed by atoms with van der Waals surface area (Å²) in [7, 11) is 0. The van der Waals surface area contributed by atoms with Crippen molar-refractivity contribution in [2.75, 3.05) is 19.6 Å². The summed E-state index contributed by atoms with van der Waals surface area (Å²) in [6.45, 7) is 2.89. The fraction of sp³-hybridized carbons (Fsp3) is 0.417. The first-order valence-electron chi connectivity index (χ1n) is 11.2. The van der Waals surface area contributed by atoms with Gasteiger partial charge in [0.05, 0.1) is 12.6 Å². The fourth-order valence-electron chi connectivity index (χ4n) is 4.83. The standard InChI is InChI=1S/C24H30N6O/c31-24(13-19-16-26-21-4-2-1-3-20(19)21)27-15-17-7-11-30(12-8-17)23-14-22(28-29-23)18-5-9-25-10-6-18/h1-6,9-10,16-17,22-23,26,28-29H,7-8,11-15H2,(H,27,31). The second-order valence-electron chi connectivity index (χ2n) is 8.69. The van der Waals surface area contributed by atoms with E-state index in [1.807, 2.05) is 36.8 Å². The Bertz CT molecular complexity index is 1010. The average Bonchev–Trinajstić information content (AvgIpc) is 3.47. The molecule has 1 amide bonds. The smallest absolute Gasteiger partial charge is 0.224 e. The molecule has 2 fully saturated rings. The molecule has 2 atom stereocenters. The van der Waals surface area contributed by atoms with Crippen molar-refractivity contribution >= 4 is 16.8 Å². The number of amides is 1. The minimum Gasteiger partial charge on any atom is -0.361 e. The van der Waals surface area contributed by atoms with E-state index >= 15 is 0 Å². The van der Waals surface area contributed by atoms with Crippen molar-refractivity contribution in [1.82, 2.24) is 31.0 Å². The number of H-pyrrole nitrogens is 1. The van der Waals surface area contributed by atoms with Crippen LogP contribution >= 0.6 is 0 Å². The Hall–Kier alpha value is -2.74. The van der Waals surface area contributed by atoms with Gasteiger partial charge in [-0.15, -0.1) is 0 Å². The lowest BCUT2D eigenvalue weighted by Crippen LogP contribution is -2.49. The molecular weight excluding hydrogens is 388 g/mol. The monoisotopic (exact) mass is 418 g/mol. The van der Waals surface area contributed by atoms with Gasteiger partial charge in [0.25, 0.3) is 0 Å². The first-order chi connectivity index (χ1) is 15.3. The van der Waals surface area contributed by atoms with Gasteiger partial charge < -0.3 is 10.3 Å². The summed E-state index contributed by atoms with van der Waals surface area (Å²) in [5, 5.41) is 4.30. The predicted molar refractivity (Wildman–Crippen MR) is 121 cm³/mol. The third kappa shape index (κ3) is 4.63. The second kappa shape index (κ2) is 9.18. The maximum Gasteiger partial charge on any atom is 0.224 e. The molecule has 0 bridgehead atoms. The molecule has 162 valence electrons. The van der Waals surface area contributed by atoms with E-state index < -0.39 is 0 Å². The first kappa shape index (κ1) is 20.2. The number of pyridine rings is 1. The quantitative estimate of drug-likeness (QED) is 0.494. The molecule has 7 heteroatoms. The number of hydrogen-bond acceptors (Lipinski definition) is 5. The largest absolute Gasteiger partial charge is 0.361 e. The minimum atomic E-state index is 0.106. The number of benzene rings is 1. The van der Waals surface area contributed by atoms with Gasteiger partial charge in [-0.2, -0.15) is 0 Å². The third-order valence-electron chi connectivity index (χ3n) is 6.70. The number of nitrogens with zero attached hydrogens (tertiary/aromatic N) is 2. The number of rotatable bonds is 6. The molecule has 3 aromatic rings. The summed E-state index contributed by atoms with van der Waals surface area (Å²) in [6.07, 6.45) is 9.72. The van der Waals surface area contributed by atoms with E-state index in [0.29, 0.717) is 24.5 Å². The van der Waals surface area contributed by atoms with Crippen LogP contribution in [0.25, 0.3) is 10.9 Å². The highest BCUT2D eigenvalue weighted by atomic mass is 16.1. The lowest BCUT2D eigenvalue weighted by atomic mass is 9.95. The van der Waals surface area contributed by atoms with Crippen LogP contribution in [-0.2, 0) is 11.2 Å². The highest BCUT2D eigenvalue weighted by molar-refractivity contribution is 5.88. The van der Waals surface area contributed by atoms with Crippen molar-refractivity contribution in [2.24, 2.45) is 5.92 Å². The molecule has 2 aliphatic rings. The van der Waals surface area contributed by atoms with Gasteiger partial charge in [0.1, 0.15) is 0 Å². The molecule has 4 heterocycles. The number of hydrogen-bond donors (Lipinski definition) is 4. The van der Waals surface area contributed by atoms with Gasteiger partial charge in [0.15, 0.2) is 0 Å².